The van der Waals surface area contributed by atoms with Crippen LogP contribution in [0.4, 0.5) is 15.8 Å². The van der Waals surface area contributed by atoms with Crippen molar-refractivity contribution in [1.82, 2.24) is 4.90 Å². The number of carbonyl (C=O) groups excluding carboxylic acids is 2. The molecule has 2 aromatic rings. The lowest BCUT2D eigenvalue weighted by molar-refractivity contribution is -0.117. The van der Waals surface area contributed by atoms with E-state index >= 15 is 0 Å². The number of hydrogen-bond acceptors (Lipinski definition) is 3. The summed E-state index contributed by atoms with van der Waals surface area (Å²) in [5.41, 5.74) is 3.05. The molecule has 1 aliphatic carbocycles. The van der Waals surface area contributed by atoms with Crippen LogP contribution < -0.4 is 10.2 Å². The van der Waals surface area contributed by atoms with Gasteiger partial charge >= 0.3 is 0 Å². The minimum atomic E-state index is -0.358. The average molecular weight is 440 g/mol. The number of halogens is 1. The third kappa shape index (κ3) is 6.81. The molecule has 32 heavy (non-hydrogen) atoms. The first-order valence-electron chi connectivity index (χ1n) is 11.2. The lowest BCUT2D eigenvalue weighted by Crippen LogP contribution is -2.33. The summed E-state index contributed by atoms with van der Waals surface area (Å²) >= 11 is 0. The second-order valence-corrected chi connectivity index (χ2v) is 10.2. The van der Waals surface area contributed by atoms with Gasteiger partial charge in [0.25, 0.3) is 5.91 Å². The van der Waals surface area contributed by atoms with E-state index in [1.54, 1.807) is 0 Å². The number of amides is 2. The molecule has 0 saturated heterocycles. The summed E-state index contributed by atoms with van der Waals surface area (Å²) < 4.78 is 13.3. The number of hydrogen-bond donors (Lipinski definition) is 1. The second kappa shape index (κ2) is 9.72. The minimum Gasteiger partial charge on any atom is -0.377 e. The lowest BCUT2D eigenvalue weighted by atomic mass is 9.92. The van der Waals surface area contributed by atoms with Gasteiger partial charge in [-0.1, -0.05) is 20.8 Å². The Morgan fingerprint density at radius 2 is 1.72 bits per heavy atom. The van der Waals surface area contributed by atoms with Crippen LogP contribution in [-0.4, -0.2) is 37.4 Å². The van der Waals surface area contributed by atoms with E-state index in [2.05, 4.69) is 5.32 Å². The summed E-state index contributed by atoms with van der Waals surface area (Å²) in [5.74, 6) is 0.0165. The Morgan fingerprint density at radius 1 is 1.06 bits per heavy atom. The van der Waals surface area contributed by atoms with Gasteiger partial charge in [-0.25, -0.2) is 4.39 Å². The van der Waals surface area contributed by atoms with Crippen LogP contribution in [0.5, 0.6) is 0 Å². The number of rotatable bonds is 8. The molecule has 172 valence electrons. The van der Waals surface area contributed by atoms with Gasteiger partial charge in [0.05, 0.1) is 0 Å². The molecule has 6 heteroatoms. The van der Waals surface area contributed by atoms with Crippen molar-refractivity contribution in [3.8, 4) is 0 Å². The van der Waals surface area contributed by atoms with Crippen LogP contribution in [0.1, 0.15) is 56.0 Å². The molecular weight excluding hydrogens is 405 g/mol. The molecule has 1 saturated carbocycles. The number of benzene rings is 2. The molecule has 1 aliphatic rings. The van der Waals surface area contributed by atoms with Gasteiger partial charge in [0.1, 0.15) is 5.82 Å². The molecule has 0 heterocycles. The van der Waals surface area contributed by atoms with Crippen LogP contribution in [0.15, 0.2) is 42.5 Å². The fraction of sp³-hybridized carbons (Fsp3) is 0.462. The van der Waals surface area contributed by atoms with Gasteiger partial charge in [-0.05, 0) is 72.2 Å². The molecule has 0 bridgehead atoms. The zero-order valence-corrected chi connectivity index (χ0v) is 19.7. The Labute approximate surface area is 190 Å². The first kappa shape index (κ1) is 23.8. The van der Waals surface area contributed by atoms with E-state index in [9.17, 15) is 14.0 Å². The van der Waals surface area contributed by atoms with Crippen molar-refractivity contribution in [2.75, 3.05) is 30.9 Å². The van der Waals surface area contributed by atoms with Gasteiger partial charge in [0.15, 0.2) is 0 Å². The maximum Gasteiger partial charge on any atom is 0.254 e. The average Bonchev–Trinajstić information content (AvgIpc) is 3.50. The van der Waals surface area contributed by atoms with E-state index in [4.69, 9.17) is 0 Å². The normalized spacial score (nSPS) is 13.6. The summed E-state index contributed by atoms with van der Waals surface area (Å²) in [6.07, 6.45) is 2.67. The van der Waals surface area contributed by atoms with Crippen molar-refractivity contribution in [3.05, 3.63) is 59.4 Å². The highest BCUT2D eigenvalue weighted by molar-refractivity contribution is 5.94. The number of anilines is 2. The van der Waals surface area contributed by atoms with E-state index in [-0.39, 0.29) is 23.0 Å². The largest absolute Gasteiger partial charge is 0.377 e. The highest BCUT2D eigenvalue weighted by Gasteiger charge is 2.28. The standard InChI is InChI=1S/C26H34FN3O2/c1-26(2,3)15-24(31)28-22-12-13-23(29(4)5)20(14-22)17-30(16-18-6-7-18)25(32)19-8-10-21(27)11-9-19/h8-14,18H,6-7,15-17H2,1-5H3,(H,28,31). The monoisotopic (exact) mass is 439 g/mol. The smallest absolute Gasteiger partial charge is 0.254 e. The number of nitrogens with zero attached hydrogens (tertiary/aromatic N) is 2. The highest BCUT2D eigenvalue weighted by atomic mass is 19.1. The fourth-order valence-corrected chi connectivity index (χ4v) is 3.73. The van der Waals surface area contributed by atoms with E-state index < -0.39 is 0 Å². The van der Waals surface area contributed by atoms with Crippen LogP contribution in [0.25, 0.3) is 0 Å². The highest BCUT2D eigenvalue weighted by Crippen LogP contribution is 2.32. The van der Waals surface area contributed by atoms with Crippen LogP contribution in [0.3, 0.4) is 0 Å². The maximum absolute atomic E-state index is 13.3. The van der Waals surface area contributed by atoms with Crippen molar-refractivity contribution in [2.45, 2.75) is 46.6 Å². The first-order valence-corrected chi connectivity index (χ1v) is 11.2. The molecular formula is C26H34FN3O2. The lowest BCUT2D eigenvalue weighted by Gasteiger charge is -2.26. The van der Waals surface area contributed by atoms with Crippen molar-refractivity contribution >= 4 is 23.2 Å². The molecule has 0 atom stereocenters. The molecule has 0 unspecified atom stereocenters. The second-order valence-electron chi connectivity index (χ2n) is 10.2. The SMILES string of the molecule is CN(C)c1ccc(NC(=O)CC(C)(C)C)cc1CN(CC1CC1)C(=O)c1ccc(F)cc1. The molecule has 5 nitrogen and oxygen atoms in total. The van der Waals surface area contributed by atoms with E-state index in [1.165, 1.54) is 24.3 Å². The summed E-state index contributed by atoms with van der Waals surface area (Å²) in [5, 5.41) is 3.00. The zero-order valence-electron chi connectivity index (χ0n) is 19.7. The molecule has 0 aliphatic heterocycles. The Hall–Kier alpha value is -2.89. The summed E-state index contributed by atoms with van der Waals surface area (Å²) in [4.78, 5) is 29.5. The van der Waals surface area contributed by atoms with Crippen LogP contribution in [-0.2, 0) is 11.3 Å². The molecule has 0 spiro atoms. The van der Waals surface area contributed by atoms with Gasteiger partial charge in [-0.3, -0.25) is 9.59 Å². The molecule has 2 aromatic carbocycles. The van der Waals surface area contributed by atoms with Gasteiger partial charge < -0.3 is 15.1 Å². The fourth-order valence-electron chi connectivity index (χ4n) is 3.73. The summed E-state index contributed by atoms with van der Waals surface area (Å²) in [6.45, 7) is 7.19. The Morgan fingerprint density at radius 3 is 2.28 bits per heavy atom. The van der Waals surface area contributed by atoms with Gasteiger partial charge in [-0.2, -0.15) is 0 Å². The molecule has 2 amide bonds. The van der Waals surface area contributed by atoms with Crippen molar-refractivity contribution < 1.29 is 14.0 Å². The Bertz CT molecular complexity index is 960. The summed E-state index contributed by atoms with van der Waals surface area (Å²) in [7, 11) is 3.92. The van der Waals surface area contributed by atoms with E-state index in [0.717, 1.165) is 29.8 Å². The number of carbonyl (C=O) groups is 2. The third-order valence-corrected chi connectivity index (χ3v) is 5.45. The van der Waals surface area contributed by atoms with E-state index in [1.807, 2.05) is 62.9 Å². The van der Waals surface area contributed by atoms with Crippen molar-refractivity contribution in [1.29, 1.82) is 0 Å². The van der Waals surface area contributed by atoms with E-state index in [0.29, 0.717) is 31.0 Å². The van der Waals surface area contributed by atoms with Gasteiger partial charge in [0, 0.05) is 50.5 Å². The third-order valence-electron chi connectivity index (χ3n) is 5.45. The molecule has 0 radical (unpaired) electrons. The minimum absolute atomic E-state index is 0.0294. The molecule has 3 rings (SSSR count). The van der Waals surface area contributed by atoms with Crippen molar-refractivity contribution in [2.24, 2.45) is 11.3 Å². The van der Waals surface area contributed by atoms with Crippen LogP contribution >= 0.6 is 0 Å². The van der Waals surface area contributed by atoms with Gasteiger partial charge in [-0.15, -0.1) is 0 Å². The van der Waals surface area contributed by atoms with Crippen LogP contribution in [0, 0.1) is 17.2 Å². The van der Waals surface area contributed by atoms with Crippen molar-refractivity contribution in [3.63, 3.8) is 0 Å². The quantitative estimate of drug-likeness (QED) is 0.606. The Kier molecular flexibility index (Phi) is 7.22. The molecule has 1 fully saturated rings. The first-order chi connectivity index (χ1) is 15.0. The predicted octanol–water partition coefficient (Wildman–Crippen LogP) is 5.32. The molecule has 0 aromatic heterocycles. The molecule has 1 N–H and O–H groups in total. The topological polar surface area (TPSA) is 52.7 Å². The maximum atomic E-state index is 13.3. The van der Waals surface area contributed by atoms with Gasteiger partial charge in [0.2, 0.25) is 5.91 Å². The summed E-state index contributed by atoms with van der Waals surface area (Å²) in [6, 6.07) is 11.5. The van der Waals surface area contributed by atoms with Crippen LogP contribution in [0.2, 0.25) is 0 Å². The zero-order chi connectivity index (χ0) is 23.5. The Balaban J connectivity index is 1.85. The number of nitrogens with one attached hydrogen (secondary N) is 1. The predicted molar refractivity (Wildman–Crippen MR) is 127 cm³/mol.